The SMILES string of the molecule is CN(Cc1ccco1)[C@H]1COC2(CCN(C(=O)c3ccncc3)CC2)C1. The molecule has 0 unspecified atom stereocenters. The third-order valence-corrected chi connectivity index (χ3v) is 5.69. The van der Waals surface area contributed by atoms with E-state index >= 15 is 0 Å². The number of pyridine rings is 1. The number of furan rings is 1. The van der Waals surface area contributed by atoms with Gasteiger partial charge in [0.1, 0.15) is 5.76 Å². The molecule has 6 heteroatoms. The van der Waals surface area contributed by atoms with Crippen LogP contribution in [0, 0.1) is 0 Å². The molecule has 2 fully saturated rings. The Bertz CT molecular complexity index is 724. The molecular formula is C20H25N3O3. The lowest BCUT2D eigenvalue weighted by molar-refractivity contribution is -0.0393. The van der Waals surface area contributed by atoms with E-state index in [0.29, 0.717) is 11.6 Å². The molecule has 26 heavy (non-hydrogen) atoms. The number of piperidine rings is 1. The highest BCUT2D eigenvalue weighted by molar-refractivity contribution is 5.94. The van der Waals surface area contributed by atoms with Gasteiger partial charge in [0.25, 0.3) is 5.91 Å². The number of aromatic nitrogens is 1. The van der Waals surface area contributed by atoms with Gasteiger partial charge < -0.3 is 14.1 Å². The van der Waals surface area contributed by atoms with Crippen molar-refractivity contribution in [2.75, 3.05) is 26.7 Å². The van der Waals surface area contributed by atoms with Crippen molar-refractivity contribution >= 4 is 5.91 Å². The normalized spacial score (nSPS) is 22.2. The Labute approximate surface area is 153 Å². The van der Waals surface area contributed by atoms with Crippen molar-refractivity contribution in [3.63, 3.8) is 0 Å². The van der Waals surface area contributed by atoms with E-state index in [2.05, 4.69) is 16.9 Å². The van der Waals surface area contributed by atoms with Gasteiger partial charge >= 0.3 is 0 Å². The molecule has 2 aromatic rings. The molecule has 0 saturated carbocycles. The van der Waals surface area contributed by atoms with Gasteiger partial charge in [-0.05, 0) is 50.6 Å². The lowest BCUT2D eigenvalue weighted by atomic mass is 9.87. The van der Waals surface area contributed by atoms with E-state index in [9.17, 15) is 4.79 Å². The van der Waals surface area contributed by atoms with Crippen LogP contribution in [-0.4, -0.2) is 59.1 Å². The Kier molecular flexibility index (Phi) is 4.78. The molecular weight excluding hydrogens is 330 g/mol. The zero-order chi connectivity index (χ0) is 18.0. The number of ether oxygens (including phenoxy) is 1. The summed E-state index contributed by atoms with van der Waals surface area (Å²) >= 11 is 0. The molecule has 4 rings (SSSR count). The van der Waals surface area contributed by atoms with Gasteiger partial charge in [0.15, 0.2) is 0 Å². The monoisotopic (exact) mass is 355 g/mol. The van der Waals surface area contributed by atoms with E-state index in [1.165, 1.54) is 0 Å². The number of amides is 1. The molecule has 138 valence electrons. The summed E-state index contributed by atoms with van der Waals surface area (Å²) in [7, 11) is 2.12. The minimum absolute atomic E-state index is 0.0862. The molecule has 0 bridgehead atoms. The summed E-state index contributed by atoms with van der Waals surface area (Å²) in [4.78, 5) is 20.8. The fourth-order valence-corrected chi connectivity index (χ4v) is 4.02. The Balaban J connectivity index is 1.32. The van der Waals surface area contributed by atoms with Gasteiger partial charge in [-0.1, -0.05) is 0 Å². The van der Waals surface area contributed by atoms with Gasteiger partial charge in [0, 0.05) is 37.1 Å². The van der Waals surface area contributed by atoms with Crippen LogP contribution in [0.1, 0.15) is 35.4 Å². The van der Waals surface area contributed by atoms with Gasteiger partial charge in [-0.15, -0.1) is 0 Å². The number of nitrogens with zero attached hydrogens (tertiary/aromatic N) is 3. The summed E-state index contributed by atoms with van der Waals surface area (Å²) in [5.74, 6) is 1.07. The molecule has 6 nitrogen and oxygen atoms in total. The minimum Gasteiger partial charge on any atom is -0.468 e. The molecule has 1 spiro atoms. The summed E-state index contributed by atoms with van der Waals surface area (Å²) in [6.07, 6.45) is 7.85. The molecule has 1 amide bonds. The lowest BCUT2D eigenvalue weighted by Gasteiger charge is -2.39. The first-order valence-electron chi connectivity index (χ1n) is 9.21. The number of rotatable bonds is 4. The molecule has 0 N–H and O–H groups in total. The highest BCUT2D eigenvalue weighted by Crippen LogP contribution is 2.38. The zero-order valence-corrected chi connectivity index (χ0v) is 15.1. The van der Waals surface area contributed by atoms with Crippen molar-refractivity contribution in [3.05, 3.63) is 54.2 Å². The molecule has 1 atom stereocenters. The maximum Gasteiger partial charge on any atom is 0.253 e. The van der Waals surface area contributed by atoms with Gasteiger partial charge in [0.2, 0.25) is 0 Å². The second-order valence-corrected chi connectivity index (χ2v) is 7.37. The van der Waals surface area contributed by atoms with Crippen LogP contribution in [0.3, 0.4) is 0 Å². The molecule has 0 aromatic carbocycles. The molecule has 0 aliphatic carbocycles. The average Bonchev–Trinajstić information content (AvgIpc) is 3.33. The van der Waals surface area contributed by atoms with E-state index in [-0.39, 0.29) is 11.5 Å². The molecule has 0 radical (unpaired) electrons. The summed E-state index contributed by atoms with van der Waals surface area (Å²) in [6.45, 7) is 3.03. The van der Waals surface area contributed by atoms with Gasteiger partial charge in [-0.2, -0.15) is 0 Å². The second-order valence-electron chi connectivity index (χ2n) is 7.37. The molecule has 4 heterocycles. The van der Waals surface area contributed by atoms with Crippen LogP contribution in [0.4, 0.5) is 0 Å². The number of carbonyl (C=O) groups is 1. The first kappa shape index (κ1) is 17.2. The van der Waals surface area contributed by atoms with Crippen molar-refractivity contribution in [3.8, 4) is 0 Å². The topological polar surface area (TPSA) is 58.8 Å². The van der Waals surface area contributed by atoms with E-state index < -0.39 is 0 Å². The fourth-order valence-electron chi connectivity index (χ4n) is 4.02. The number of carbonyl (C=O) groups excluding carboxylic acids is 1. The van der Waals surface area contributed by atoms with Crippen LogP contribution in [0.15, 0.2) is 47.3 Å². The standard InChI is InChI=1S/C20H25N3O3/c1-22(14-18-3-2-12-25-18)17-13-20(26-15-17)6-10-23(11-7-20)19(24)16-4-8-21-9-5-16/h2-5,8-9,12,17H,6-7,10-11,13-15H2,1H3/t17-/m1/s1. The summed E-state index contributed by atoms with van der Waals surface area (Å²) in [5, 5.41) is 0. The second kappa shape index (κ2) is 7.21. The molecule has 2 aliphatic heterocycles. The number of hydrogen-bond donors (Lipinski definition) is 0. The number of hydrogen-bond acceptors (Lipinski definition) is 5. The molecule has 2 saturated heterocycles. The van der Waals surface area contributed by atoms with Crippen molar-refractivity contribution in [2.24, 2.45) is 0 Å². The highest BCUT2D eigenvalue weighted by atomic mass is 16.5. The fraction of sp³-hybridized carbons (Fsp3) is 0.500. The Morgan fingerprint density at radius 3 is 2.77 bits per heavy atom. The van der Waals surface area contributed by atoms with Gasteiger partial charge in [-0.25, -0.2) is 0 Å². The quantitative estimate of drug-likeness (QED) is 0.844. The average molecular weight is 355 g/mol. The number of likely N-dealkylation sites (N-methyl/N-ethyl adjacent to an activating group) is 1. The van der Waals surface area contributed by atoms with E-state index in [1.54, 1.807) is 30.8 Å². The third-order valence-electron chi connectivity index (χ3n) is 5.69. The van der Waals surface area contributed by atoms with Gasteiger partial charge in [-0.3, -0.25) is 14.7 Å². The first-order valence-corrected chi connectivity index (χ1v) is 9.21. The van der Waals surface area contributed by atoms with Gasteiger partial charge in [0.05, 0.1) is 25.0 Å². The lowest BCUT2D eigenvalue weighted by Crippen LogP contribution is -2.47. The molecule has 2 aliphatic rings. The van der Waals surface area contributed by atoms with E-state index in [0.717, 1.165) is 51.3 Å². The van der Waals surface area contributed by atoms with Crippen LogP contribution < -0.4 is 0 Å². The smallest absolute Gasteiger partial charge is 0.253 e. The zero-order valence-electron chi connectivity index (χ0n) is 15.1. The van der Waals surface area contributed by atoms with Crippen LogP contribution in [-0.2, 0) is 11.3 Å². The minimum atomic E-state index is -0.0862. The van der Waals surface area contributed by atoms with Crippen molar-refractivity contribution in [1.29, 1.82) is 0 Å². The van der Waals surface area contributed by atoms with Crippen molar-refractivity contribution < 1.29 is 13.9 Å². The summed E-state index contributed by atoms with van der Waals surface area (Å²) in [5.41, 5.74) is 0.622. The first-order chi connectivity index (χ1) is 12.7. The largest absolute Gasteiger partial charge is 0.468 e. The Morgan fingerprint density at radius 2 is 2.08 bits per heavy atom. The Morgan fingerprint density at radius 1 is 1.31 bits per heavy atom. The maximum atomic E-state index is 12.6. The van der Waals surface area contributed by atoms with E-state index in [4.69, 9.17) is 9.15 Å². The van der Waals surface area contributed by atoms with Crippen molar-refractivity contribution in [2.45, 2.75) is 37.5 Å². The maximum absolute atomic E-state index is 12.6. The number of likely N-dealkylation sites (tertiary alicyclic amines) is 1. The Hall–Kier alpha value is -2.18. The third kappa shape index (κ3) is 3.52. The van der Waals surface area contributed by atoms with E-state index in [1.807, 2.05) is 17.0 Å². The predicted octanol–water partition coefficient (Wildman–Crippen LogP) is 2.57. The summed E-state index contributed by atoms with van der Waals surface area (Å²) < 4.78 is 11.7. The highest BCUT2D eigenvalue weighted by Gasteiger charge is 2.44. The summed E-state index contributed by atoms with van der Waals surface area (Å²) in [6, 6.07) is 7.87. The van der Waals surface area contributed by atoms with Crippen molar-refractivity contribution in [1.82, 2.24) is 14.8 Å². The predicted molar refractivity (Wildman–Crippen MR) is 96.6 cm³/mol. The van der Waals surface area contributed by atoms with Crippen LogP contribution in [0.2, 0.25) is 0 Å². The van der Waals surface area contributed by atoms with Crippen LogP contribution in [0.5, 0.6) is 0 Å². The van der Waals surface area contributed by atoms with Crippen LogP contribution >= 0.6 is 0 Å². The van der Waals surface area contributed by atoms with Crippen LogP contribution in [0.25, 0.3) is 0 Å². The molecule has 2 aromatic heterocycles.